The summed E-state index contributed by atoms with van der Waals surface area (Å²) in [7, 11) is 2.11. The van der Waals surface area contributed by atoms with Gasteiger partial charge in [0, 0.05) is 37.2 Å². The fourth-order valence-electron chi connectivity index (χ4n) is 7.14. The molecule has 1 saturated heterocycles. The first kappa shape index (κ1) is 20.0. The number of hydrogen-bond donors (Lipinski definition) is 1. The molecule has 5 aliphatic rings. The molecule has 5 nitrogen and oxygen atoms in total. The van der Waals surface area contributed by atoms with Crippen LogP contribution < -0.4 is 5.32 Å². The lowest BCUT2D eigenvalue weighted by molar-refractivity contribution is -0.146. The highest BCUT2D eigenvalue weighted by molar-refractivity contribution is 5.98. The van der Waals surface area contributed by atoms with Crippen LogP contribution in [0.3, 0.4) is 0 Å². The molecule has 5 heteroatoms. The molecule has 1 aromatic carbocycles. The van der Waals surface area contributed by atoms with Crippen LogP contribution in [-0.4, -0.2) is 60.9 Å². The van der Waals surface area contributed by atoms with Gasteiger partial charge in [-0.3, -0.25) is 9.59 Å². The van der Waals surface area contributed by atoms with Gasteiger partial charge >= 0.3 is 0 Å². The predicted octanol–water partition coefficient (Wildman–Crippen LogP) is 3.08. The molecule has 0 spiro atoms. The summed E-state index contributed by atoms with van der Waals surface area (Å²) >= 11 is 0. The first-order valence-electron chi connectivity index (χ1n) is 11.8. The Hall–Kier alpha value is -1.88. The van der Waals surface area contributed by atoms with Crippen LogP contribution in [0.25, 0.3) is 0 Å². The monoisotopic (exact) mass is 409 g/mol. The average Bonchev–Trinajstić information content (AvgIpc) is 2.71. The van der Waals surface area contributed by atoms with Crippen molar-refractivity contribution in [3.63, 3.8) is 0 Å². The Labute approximate surface area is 180 Å². The van der Waals surface area contributed by atoms with Gasteiger partial charge in [-0.05, 0) is 82.4 Å². The standard InChI is InChI=1S/C25H35N3O2/c1-17-3-5-21(6-4-17)23(29)26-22(24(30)28-9-7-27(2)8-10-28)25-14-18-11-19(15-25)13-20(12-18)16-25/h3-6,18-20,22H,7-16H2,1-2H3,(H,26,29). The molecule has 5 fully saturated rings. The lowest BCUT2D eigenvalue weighted by Crippen LogP contribution is -2.64. The van der Waals surface area contributed by atoms with Crippen molar-refractivity contribution in [2.24, 2.45) is 23.2 Å². The van der Waals surface area contributed by atoms with Gasteiger partial charge in [0.25, 0.3) is 5.91 Å². The first-order chi connectivity index (χ1) is 14.4. The quantitative estimate of drug-likeness (QED) is 0.832. The van der Waals surface area contributed by atoms with E-state index < -0.39 is 0 Å². The molecule has 1 aromatic rings. The number of benzene rings is 1. The van der Waals surface area contributed by atoms with Crippen LogP contribution in [-0.2, 0) is 4.79 Å². The van der Waals surface area contributed by atoms with Crippen molar-refractivity contribution >= 4 is 11.8 Å². The molecule has 4 saturated carbocycles. The number of hydrogen-bond acceptors (Lipinski definition) is 3. The van der Waals surface area contributed by atoms with Crippen LogP contribution in [0.4, 0.5) is 0 Å². The summed E-state index contributed by atoms with van der Waals surface area (Å²) in [5, 5.41) is 3.27. The van der Waals surface area contributed by atoms with E-state index >= 15 is 0 Å². The van der Waals surface area contributed by atoms with Gasteiger partial charge < -0.3 is 15.1 Å². The number of aryl methyl sites for hydroxylation is 1. The normalized spacial score (nSPS) is 34.1. The van der Waals surface area contributed by atoms with Gasteiger partial charge in [0.05, 0.1) is 0 Å². The van der Waals surface area contributed by atoms with Crippen LogP contribution in [0.15, 0.2) is 24.3 Å². The SMILES string of the molecule is Cc1ccc(C(=O)NC(C(=O)N2CCN(C)CC2)C23CC4CC(CC(C4)C2)C3)cc1. The summed E-state index contributed by atoms with van der Waals surface area (Å²) in [5.74, 6) is 2.30. The molecule has 4 bridgehead atoms. The third-order valence-electron chi connectivity index (χ3n) is 8.35. The minimum atomic E-state index is -0.386. The molecule has 6 rings (SSSR count). The zero-order valence-corrected chi connectivity index (χ0v) is 18.4. The second kappa shape index (κ2) is 7.67. The Balaban J connectivity index is 1.42. The molecule has 1 atom stereocenters. The highest BCUT2D eigenvalue weighted by Gasteiger charge is 2.57. The lowest BCUT2D eigenvalue weighted by Gasteiger charge is -2.59. The Kier molecular flexibility index (Phi) is 5.12. The van der Waals surface area contributed by atoms with Gasteiger partial charge in [-0.25, -0.2) is 0 Å². The number of nitrogens with zero attached hydrogens (tertiary/aromatic N) is 2. The summed E-state index contributed by atoms with van der Waals surface area (Å²) in [4.78, 5) is 31.3. The lowest BCUT2D eigenvalue weighted by atomic mass is 9.47. The van der Waals surface area contributed by atoms with Crippen molar-refractivity contribution in [1.29, 1.82) is 0 Å². The van der Waals surface area contributed by atoms with Crippen molar-refractivity contribution < 1.29 is 9.59 Å². The third-order valence-corrected chi connectivity index (χ3v) is 8.35. The molecule has 1 N–H and O–H groups in total. The van der Waals surface area contributed by atoms with Crippen molar-refractivity contribution in [3.05, 3.63) is 35.4 Å². The number of amides is 2. The molecule has 0 aromatic heterocycles. The van der Waals surface area contributed by atoms with E-state index in [1.165, 1.54) is 19.3 Å². The fourth-order valence-corrected chi connectivity index (χ4v) is 7.14. The molecule has 30 heavy (non-hydrogen) atoms. The molecule has 1 aliphatic heterocycles. The smallest absolute Gasteiger partial charge is 0.251 e. The van der Waals surface area contributed by atoms with E-state index in [0.29, 0.717) is 5.56 Å². The molecule has 162 valence electrons. The summed E-state index contributed by atoms with van der Waals surface area (Å²) < 4.78 is 0. The molecule has 0 radical (unpaired) electrons. The summed E-state index contributed by atoms with van der Waals surface area (Å²) in [5.41, 5.74) is 1.74. The zero-order valence-electron chi connectivity index (χ0n) is 18.4. The van der Waals surface area contributed by atoms with Crippen LogP contribution >= 0.6 is 0 Å². The Morgan fingerprint density at radius 2 is 1.47 bits per heavy atom. The van der Waals surface area contributed by atoms with Crippen molar-refractivity contribution in [2.45, 2.75) is 51.5 Å². The van der Waals surface area contributed by atoms with Crippen LogP contribution in [0.5, 0.6) is 0 Å². The van der Waals surface area contributed by atoms with E-state index in [-0.39, 0.29) is 23.3 Å². The largest absolute Gasteiger partial charge is 0.340 e. The predicted molar refractivity (Wildman–Crippen MR) is 117 cm³/mol. The maximum absolute atomic E-state index is 13.8. The van der Waals surface area contributed by atoms with Gasteiger partial charge in [0.1, 0.15) is 6.04 Å². The fraction of sp³-hybridized carbons (Fsp3) is 0.680. The van der Waals surface area contributed by atoms with E-state index in [0.717, 1.165) is 68.8 Å². The molecule has 1 unspecified atom stereocenters. The number of nitrogens with one attached hydrogen (secondary N) is 1. The van der Waals surface area contributed by atoms with Crippen LogP contribution in [0.1, 0.15) is 54.4 Å². The average molecular weight is 410 g/mol. The van der Waals surface area contributed by atoms with Gasteiger partial charge in [0.2, 0.25) is 5.91 Å². The van der Waals surface area contributed by atoms with Gasteiger partial charge in [0.15, 0.2) is 0 Å². The second-order valence-electron chi connectivity index (χ2n) is 10.7. The van der Waals surface area contributed by atoms with Crippen LogP contribution in [0, 0.1) is 30.1 Å². The van der Waals surface area contributed by atoms with E-state index in [1.54, 1.807) is 0 Å². The highest BCUT2D eigenvalue weighted by atomic mass is 16.2. The topological polar surface area (TPSA) is 52.7 Å². The second-order valence-corrected chi connectivity index (χ2v) is 10.7. The van der Waals surface area contributed by atoms with E-state index in [9.17, 15) is 9.59 Å². The van der Waals surface area contributed by atoms with Crippen LogP contribution in [0.2, 0.25) is 0 Å². The number of likely N-dealkylation sites (N-methyl/N-ethyl adjacent to an activating group) is 1. The van der Waals surface area contributed by atoms with E-state index in [2.05, 4.69) is 17.3 Å². The van der Waals surface area contributed by atoms with Crippen molar-refractivity contribution in [1.82, 2.24) is 15.1 Å². The number of rotatable bonds is 4. The molecule has 2 amide bonds. The molecule has 1 heterocycles. The van der Waals surface area contributed by atoms with Crippen molar-refractivity contribution in [3.8, 4) is 0 Å². The summed E-state index contributed by atoms with van der Waals surface area (Å²) in [6.07, 6.45) is 7.33. The highest BCUT2D eigenvalue weighted by Crippen LogP contribution is 2.61. The van der Waals surface area contributed by atoms with Gasteiger partial charge in [-0.15, -0.1) is 0 Å². The number of carbonyl (C=O) groups is 2. The Morgan fingerprint density at radius 3 is 2.00 bits per heavy atom. The number of carbonyl (C=O) groups excluding carboxylic acids is 2. The first-order valence-corrected chi connectivity index (χ1v) is 11.8. The molecule has 4 aliphatic carbocycles. The minimum Gasteiger partial charge on any atom is -0.340 e. The third kappa shape index (κ3) is 3.66. The van der Waals surface area contributed by atoms with Crippen molar-refractivity contribution in [2.75, 3.05) is 33.2 Å². The molecular weight excluding hydrogens is 374 g/mol. The maximum Gasteiger partial charge on any atom is 0.251 e. The number of piperazine rings is 1. The minimum absolute atomic E-state index is 0.0461. The Morgan fingerprint density at radius 1 is 0.933 bits per heavy atom. The summed E-state index contributed by atoms with van der Waals surface area (Å²) in [6.45, 7) is 5.37. The van der Waals surface area contributed by atoms with Gasteiger partial charge in [-0.1, -0.05) is 17.7 Å². The van der Waals surface area contributed by atoms with Gasteiger partial charge in [-0.2, -0.15) is 0 Å². The summed E-state index contributed by atoms with van der Waals surface area (Å²) in [6, 6.07) is 7.31. The van der Waals surface area contributed by atoms with E-state index in [4.69, 9.17) is 0 Å². The Bertz CT molecular complexity index is 775. The molecular formula is C25H35N3O2. The van der Waals surface area contributed by atoms with E-state index in [1.807, 2.05) is 36.1 Å². The maximum atomic E-state index is 13.8. The zero-order chi connectivity index (χ0) is 20.9.